The molecule has 0 aliphatic heterocycles. The summed E-state index contributed by atoms with van der Waals surface area (Å²) in [5.41, 5.74) is 8.25. The molecule has 0 aliphatic carbocycles. The zero-order valence-electron chi connectivity index (χ0n) is 13.0. The molecule has 2 aromatic rings. The Morgan fingerprint density at radius 1 is 1.09 bits per heavy atom. The van der Waals surface area contributed by atoms with E-state index in [0.29, 0.717) is 6.42 Å². The summed E-state index contributed by atoms with van der Waals surface area (Å²) in [7, 11) is 0. The topological polar surface area (TPSA) is 55.1 Å². The summed E-state index contributed by atoms with van der Waals surface area (Å²) >= 11 is 3.53. The van der Waals surface area contributed by atoms with Crippen molar-refractivity contribution in [3.05, 3.63) is 70.2 Å². The van der Waals surface area contributed by atoms with Crippen LogP contribution >= 0.6 is 28.3 Å². The van der Waals surface area contributed by atoms with E-state index in [-0.39, 0.29) is 24.4 Å². The van der Waals surface area contributed by atoms with Gasteiger partial charge in [-0.05, 0) is 37.0 Å². The molecule has 3 N–H and O–H groups in total. The molecule has 0 spiro atoms. The number of rotatable bonds is 6. The summed E-state index contributed by atoms with van der Waals surface area (Å²) in [6.07, 6.45) is 1.32. The Balaban J connectivity index is 0.00000264. The number of nitrogens with two attached hydrogens (primary N) is 1. The van der Waals surface area contributed by atoms with Crippen LogP contribution in [0.4, 0.5) is 0 Å². The lowest BCUT2D eigenvalue weighted by Gasteiger charge is -2.18. The van der Waals surface area contributed by atoms with E-state index in [1.165, 1.54) is 5.56 Å². The fourth-order valence-corrected chi connectivity index (χ4v) is 2.80. The van der Waals surface area contributed by atoms with Gasteiger partial charge in [-0.25, -0.2) is 0 Å². The lowest BCUT2D eigenvalue weighted by atomic mass is 10.0. The van der Waals surface area contributed by atoms with Crippen molar-refractivity contribution in [3.63, 3.8) is 0 Å². The van der Waals surface area contributed by atoms with E-state index in [9.17, 15) is 4.79 Å². The molecule has 2 rings (SSSR count). The Bertz CT molecular complexity index is 621. The summed E-state index contributed by atoms with van der Waals surface area (Å²) in [6.45, 7) is 1.99. The maximum Gasteiger partial charge on any atom is 0.237 e. The van der Waals surface area contributed by atoms with Crippen molar-refractivity contribution in [2.24, 2.45) is 5.73 Å². The van der Waals surface area contributed by atoms with Crippen LogP contribution < -0.4 is 11.1 Å². The van der Waals surface area contributed by atoms with Gasteiger partial charge in [0.15, 0.2) is 0 Å². The summed E-state index contributed by atoms with van der Waals surface area (Å²) in [6, 6.07) is 17.4. The minimum Gasteiger partial charge on any atom is -0.352 e. The first-order valence-corrected chi connectivity index (χ1v) is 8.19. The van der Waals surface area contributed by atoms with Gasteiger partial charge < -0.3 is 11.1 Å². The molecule has 0 fully saturated rings. The molecule has 0 heterocycles. The van der Waals surface area contributed by atoms with Crippen molar-refractivity contribution in [2.45, 2.75) is 31.8 Å². The molecule has 2 atom stereocenters. The molecule has 23 heavy (non-hydrogen) atoms. The van der Waals surface area contributed by atoms with Crippen molar-refractivity contribution in [1.29, 1.82) is 0 Å². The van der Waals surface area contributed by atoms with Crippen LogP contribution in [0, 0.1) is 0 Å². The van der Waals surface area contributed by atoms with Gasteiger partial charge in [-0.3, -0.25) is 4.79 Å². The van der Waals surface area contributed by atoms with Crippen molar-refractivity contribution >= 4 is 34.2 Å². The van der Waals surface area contributed by atoms with Crippen molar-refractivity contribution < 1.29 is 4.79 Å². The van der Waals surface area contributed by atoms with E-state index in [1.807, 2.05) is 55.5 Å². The highest BCUT2D eigenvalue weighted by atomic mass is 79.9. The molecule has 3 nitrogen and oxygen atoms in total. The fraction of sp³-hybridized carbons (Fsp3) is 0.278. The average Bonchev–Trinajstić information content (AvgIpc) is 2.50. The predicted octanol–water partition coefficient (Wildman–Crippen LogP) is 3.49. The molecule has 0 radical (unpaired) electrons. The van der Waals surface area contributed by atoms with E-state index in [2.05, 4.69) is 27.3 Å². The number of hydrogen-bond donors (Lipinski definition) is 2. The first kappa shape index (κ1) is 19.7. The number of amides is 1. The summed E-state index contributed by atoms with van der Waals surface area (Å²) in [5.74, 6) is -0.108. The molecule has 0 bridgehead atoms. The van der Waals surface area contributed by atoms with Crippen molar-refractivity contribution in [2.75, 3.05) is 0 Å². The van der Waals surface area contributed by atoms with Gasteiger partial charge in [0.2, 0.25) is 5.91 Å². The molecule has 0 aromatic heterocycles. The van der Waals surface area contributed by atoms with E-state index < -0.39 is 6.04 Å². The molecular weight excluding hydrogens is 376 g/mol. The maximum absolute atomic E-state index is 12.2. The van der Waals surface area contributed by atoms with Gasteiger partial charge in [-0.15, -0.1) is 12.4 Å². The lowest BCUT2D eigenvalue weighted by molar-refractivity contribution is -0.122. The summed E-state index contributed by atoms with van der Waals surface area (Å²) in [5, 5.41) is 2.99. The molecule has 5 heteroatoms. The highest BCUT2D eigenvalue weighted by Gasteiger charge is 2.16. The van der Waals surface area contributed by atoms with E-state index >= 15 is 0 Å². The van der Waals surface area contributed by atoms with Crippen LogP contribution in [0.2, 0.25) is 0 Å². The minimum atomic E-state index is -0.524. The van der Waals surface area contributed by atoms with E-state index in [1.54, 1.807) is 0 Å². The average molecular weight is 398 g/mol. The molecule has 0 aliphatic rings. The van der Waals surface area contributed by atoms with Gasteiger partial charge >= 0.3 is 0 Å². The molecular formula is C18H22BrClN2O. The largest absolute Gasteiger partial charge is 0.352 e. The number of carbonyl (C=O) groups excluding carboxylic acids is 1. The SMILES string of the molecule is CC(Cc1ccccc1Br)NC(=O)[C@@H](N)Cc1ccccc1.Cl. The third-order valence-electron chi connectivity index (χ3n) is 3.51. The molecule has 1 amide bonds. The maximum atomic E-state index is 12.2. The van der Waals surface area contributed by atoms with Crippen LogP contribution in [0.15, 0.2) is 59.1 Å². The molecule has 2 aromatic carbocycles. The standard InChI is InChI=1S/C18H21BrN2O.ClH/c1-13(11-15-9-5-6-10-16(15)19)21-18(22)17(20)12-14-7-3-2-4-8-14;/h2-10,13,17H,11-12,20H2,1H3,(H,21,22);1H/t13?,17-;/m0./s1. The first-order chi connectivity index (χ1) is 10.6. The van der Waals surface area contributed by atoms with E-state index in [0.717, 1.165) is 16.5 Å². The quantitative estimate of drug-likeness (QED) is 0.784. The van der Waals surface area contributed by atoms with Crippen LogP contribution in [0.3, 0.4) is 0 Å². The van der Waals surface area contributed by atoms with E-state index in [4.69, 9.17) is 5.73 Å². The first-order valence-electron chi connectivity index (χ1n) is 7.39. The Morgan fingerprint density at radius 3 is 2.35 bits per heavy atom. The van der Waals surface area contributed by atoms with Crippen molar-refractivity contribution in [1.82, 2.24) is 5.32 Å². The number of nitrogens with one attached hydrogen (secondary N) is 1. The zero-order chi connectivity index (χ0) is 15.9. The predicted molar refractivity (Wildman–Crippen MR) is 101 cm³/mol. The van der Waals surface area contributed by atoms with Crippen molar-refractivity contribution in [3.8, 4) is 0 Å². The van der Waals surface area contributed by atoms with Gasteiger partial charge in [-0.1, -0.05) is 64.5 Å². The van der Waals surface area contributed by atoms with Crippen LogP contribution in [0.1, 0.15) is 18.1 Å². The van der Waals surface area contributed by atoms with Crippen LogP contribution in [0.25, 0.3) is 0 Å². The Morgan fingerprint density at radius 2 is 1.70 bits per heavy atom. The monoisotopic (exact) mass is 396 g/mol. The molecule has 0 saturated heterocycles. The number of carbonyl (C=O) groups is 1. The second-order valence-electron chi connectivity index (χ2n) is 5.50. The van der Waals surface area contributed by atoms with Crippen LogP contribution in [-0.2, 0) is 17.6 Å². The number of halogens is 2. The van der Waals surface area contributed by atoms with Crippen LogP contribution in [-0.4, -0.2) is 18.0 Å². The van der Waals surface area contributed by atoms with Gasteiger partial charge in [0.1, 0.15) is 0 Å². The van der Waals surface area contributed by atoms with Gasteiger partial charge in [0.25, 0.3) is 0 Å². The summed E-state index contributed by atoms with van der Waals surface area (Å²) < 4.78 is 1.06. The highest BCUT2D eigenvalue weighted by molar-refractivity contribution is 9.10. The Labute approximate surface area is 152 Å². The van der Waals surface area contributed by atoms with Gasteiger partial charge in [-0.2, -0.15) is 0 Å². The minimum absolute atomic E-state index is 0. The molecule has 0 saturated carbocycles. The molecule has 124 valence electrons. The summed E-state index contributed by atoms with van der Waals surface area (Å²) in [4.78, 5) is 12.2. The van der Waals surface area contributed by atoms with Gasteiger partial charge in [0, 0.05) is 10.5 Å². The second-order valence-corrected chi connectivity index (χ2v) is 6.36. The lowest BCUT2D eigenvalue weighted by Crippen LogP contribution is -2.46. The molecule has 1 unspecified atom stereocenters. The normalized spacial score (nSPS) is 12.8. The third kappa shape index (κ3) is 6.34. The Hall–Kier alpha value is -1.36. The highest BCUT2D eigenvalue weighted by Crippen LogP contribution is 2.17. The fourth-order valence-electron chi connectivity index (χ4n) is 2.36. The smallest absolute Gasteiger partial charge is 0.237 e. The Kier molecular flexibility index (Phi) is 8.31. The third-order valence-corrected chi connectivity index (χ3v) is 4.28. The second kappa shape index (κ2) is 9.71. The number of hydrogen-bond acceptors (Lipinski definition) is 2. The van der Waals surface area contributed by atoms with Crippen LogP contribution in [0.5, 0.6) is 0 Å². The van der Waals surface area contributed by atoms with Gasteiger partial charge in [0.05, 0.1) is 6.04 Å². The number of benzene rings is 2. The zero-order valence-corrected chi connectivity index (χ0v) is 15.4.